The average molecular weight is 186 g/mol. The van der Waals surface area contributed by atoms with Crippen LogP contribution < -0.4 is 0 Å². The van der Waals surface area contributed by atoms with Crippen molar-refractivity contribution in [1.82, 2.24) is 0 Å². The predicted molar refractivity (Wildman–Crippen MR) is 52.2 cm³/mol. The molecule has 0 radical (unpaired) electrons. The van der Waals surface area contributed by atoms with E-state index in [0.717, 1.165) is 11.1 Å². The van der Waals surface area contributed by atoms with E-state index in [0.29, 0.717) is 0 Å². The zero-order valence-corrected chi connectivity index (χ0v) is 7.86. The van der Waals surface area contributed by atoms with Crippen LogP contribution in [-0.4, -0.2) is 5.78 Å². The Morgan fingerprint density at radius 2 is 1.93 bits per heavy atom. The first-order chi connectivity index (χ1) is 6.75. The highest BCUT2D eigenvalue weighted by Crippen LogP contribution is 2.45. The van der Waals surface area contributed by atoms with Gasteiger partial charge in [0.1, 0.15) is 12.2 Å². The van der Waals surface area contributed by atoms with Crippen molar-refractivity contribution in [3.63, 3.8) is 0 Å². The summed E-state index contributed by atoms with van der Waals surface area (Å²) >= 11 is 0. The molecule has 0 saturated heterocycles. The average Bonchev–Trinajstić information content (AvgIpc) is 2.77. The van der Waals surface area contributed by atoms with Gasteiger partial charge in [-0.05, 0) is 24.1 Å². The van der Waals surface area contributed by atoms with E-state index in [1.165, 1.54) is 5.56 Å². The maximum Gasteiger partial charge on any atom is 0.159 e. The fraction of sp³-hybridized carbons (Fsp3) is 0.250. The van der Waals surface area contributed by atoms with Crippen molar-refractivity contribution in [2.75, 3.05) is 0 Å². The van der Waals surface area contributed by atoms with Crippen LogP contribution in [0.2, 0.25) is 0 Å². The van der Waals surface area contributed by atoms with E-state index >= 15 is 0 Å². The summed E-state index contributed by atoms with van der Waals surface area (Å²) in [7, 11) is 0. The summed E-state index contributed by atoms with van der Waals surface area (Å²) in [6.07, 6.45) is 4.32. The van der Waals surface area contributed by atoms with Crippen molar-refractivity contribution in [3.8, 4) is 0 Å². The first-order valence-corrected chi connectivity index (χ1v) is 4.74. The number of hydrogen-bond acceptors (Lipinski definition) is 2. The zero-order chi connectivity index (χ0) is 9.71. The molecule has 0 fully saturated rings. The van der Waals surface area contributed by atoms with Gasteiger partial charge in [0.2, 0.25) is 0 Å². The quantitative estimate of drug-likeness (QED) is 0.497. The topological polar surface area (TPSA) is 26.3 Å². The van der Waals surface area contributed by atoms with Gasteiger partial charge in [-0.25, -0.2) is 0 Å². The van der Waals surface area contributed by atoms with Crippen LogP contribution in [0.4, 0.5) is 0 Å². The number of ketones is 1. The highest BCUT2D eigenvalue weighted by Gasteiger charge is 2.33. The van der Waals surface area contributed by atoms with E-state index in [2.05, 4.69) is 12.2 Å². The fourth-order valence-corrected chi connectivity index (χ4v) is 2.10. The molecular formula is C12H10O2. The van der Waals surface area contributed by atoms with E-state index in [1.54, 1.807) is 6.92 Å². The first kappa shape index (κ1) is 7.94. The fourth-order valence-electron chi connectivity index (χ4n) is 2.10. The zero-order valence-electron chi connectivity index (χ0n) is 7.86. The van der Waals surface area contributed by atoms with Crippen LogP contribution in [-0.2, 0) is 4.74 Å². The number of benzene rings is 1. The molecule has 2 nitrogen and oxygen atoms in total. The highest BCUT2D eigenvalue weighted by molar-refractivity contribution is 5.94. The SMILES string of the molecule is CC(=O)c1ccc2c(c1)[C@@H]1C=C[C@H]2O1. The maximum atomic E-state index is 11.2. The van der Waals surface area contributed by atoms with E-state index in [4.69, 9.17) is 4.74 Å². The van der Waals surface area contributed by atoms with Gasteiger partial charge < -0.3 is 4.74 Å². The molecule has 0 unspecified atom stereocenters. The summed E-state index contributed by atoms with van der Waals surface area (Å²) in [5, 5.41) is 0. The van der Waals surface area contributed by atoms with Crippen LogP contribution in [0.15, 0.2) is 30.4 Å². The number of hydrogen-bond donors (Lipinski definition) is 0. The van der Waals surface area contributed by atoms with Crippen molar-refractivity contribution in [1.29, 1.82) is 0 Å². The Morgan fingerprint density at radius 1 is 1.21 bits per heavy atom. The molecule has 0 amide bonds. The van der Waals surface area contributed by atoms with E-state index in [1.807, 2.05) is 18.2 Å². The lowest BCUT2D eigenvalue weighted by atomic mass is 9.94. The molecule has 1 aromatic rings. The largest absolute Gasteiger partial charge is 0.357 e. The lowest BCUT2D eigenvalue weighted by Gasteiger charge is -2.07. The van der Waals surface area contributed by atoms with Crippen LogP contribution in [0.3, 0.4) is 0 Å². The lowest BCUT2D eigenvalue weighted by molar-refractivity contribution is 0.0878. The summed E-state index contributed by atoms with van der Waals surface area (Å²) in [4.78, 5) is 11.2. The molecule has 3 rings (SSSR count). The lowest BCUT2D eigenvalue weighted by Crippen LogP contribution is -1.98. The molecule has 0 aliphatic carbocycles. The van der Waals surface area contributed by atoms with Crippen LogP contribution in [0.1, 0.15) is 40.6 Å². The number of carbonyl (C=O) groups is 1. The molecule has 0 aromatic heterocycles. The molecule has 2 aliphatic rings. The van der Waals surface area contributed by atoms with Gasteiger partial charge in [0.15, 0.2) is 5.78 Å². The molecule has 2 heteroatoms. The Hall–Kier alpha value is -1.41. The van der Waals surface area contributed by atoms with Crippen molar-refractivity contribution in [2.45, 2.75) is 19.1 Å². The van der Waals surface area contributed by atoms with Crippen LogP contribution >= 0.6 is 0 Å². The van der Waals surface area contributed by atoms with E-state index in [9.17, 15) is 4.79 Å². The maximum absolute atomic E-state index is 11.2. The van der Waals surface area contributed by atoms with Crippen molar-refractivity contribution in [2.24, 2.45) is 0 Å². The van der Waals surface area contributed by atoms with Crippen LogP contribution in [0, 0.1) is 0 Å². The van der Waals surface area contributed by atoms with Crippen LogP contribution in [0.5, 0.6) is 0 Å². The van der Waals surface area contributed by atoms with Crippen LogP contribution in [0.25, 0.3) is 0 Å². The highest BCUT2D eigenvalue weighted by atomic mass is 16.5. The molecule has 2 heterocycles. The van der Waals surface area contributed by atoms with Gasteiger partial charge in [0, 0.05) is 5.56 Å². The summed E-state index contributed by atoms with van der Waals surface area (Å²) in [5.74, 6) is 0.111. The number of Topliss-reactive ketones (excluding diaryl/α,β-unsaturated/α-hetero) is 1. The van der Waals surface area contributed by atoms with Gasteiger partial charge in [-0.15, -0.1) is 0 Å². The normalized spacial score (nSPS) is 26.6. The molecule has 0 N–H and O–H groups in total. The molecule has 0 spiro atoms. The molecule has 14 heavy (non-hydrogen) atoms. The minimum Gasteiger partial charge on any atom is -0.357 e. The number of fused-ring (bicyclic) bond motifs is 5. The minimum absolute atomic E-state index is 0.0781. The van der Waals surface area contributed by atoms with Gasteiger partial charge in [-0.2, -0.15) is 0 Å². The van der Waals surface area contributed by atoms with Crippen molar-refractivity contribution >= 4 is 5.78 Å². The third kappa shape index (κ3) is 0.917. The molecule has 2 atom stereocenters. The molecule has 2 aliphatic heterocycles. The summed E-state index contributed by atoms with van der Waals surface area (Å²) < 4.78 is 5.66. The van der Waals surface area contributed by atoms with E-state index < -0.39 is 0 Å². The van der Waals surface area contributed by atoms with Gasteiger partial charge in [0.25, 0.3) is 0 Å². The third-order valence-electron chi connectivity index (χ3n) is 2.86. The number of carbonyl (C=O) groups excluding carboxylic acids is 1. The molecule has 70 valence electrons. The number of ether oxygens (including phenoxy) is 1. The summed E-state index contributed by atoms with van der Waals surface area (Å²) in [6, 6.07) is 5.82. The van der Waals surface area contributed by atoms with E-state index in [-0.39, 0.29) is 18.0 Å². The van der Waals surface area contributed by atoms with Crippen molar-refractivity contribution in [3.05, 3.63) is 47.0 Å². The predicted octanol–water partition coefficient (Wildman–Crippen LogP) is 2.57. The standard InChI is InChI=1S/C12H10O2/c1-7(13)8-2-3-9-10(6-8)12-5-4-11(9)14-12/h2-6,11-12H,1H3/t11-,12+/m1/s1. The second-order valence-electron chi connectivity index (χ2n) is 3.76. The van der Waals surface area contributed by atoms with Gasteiger partial charge in [-0.3, -0.25) is 4.79 Å². The monoisotopic (exact) mass is 186 g/mol. The Balaban J connectivity index is 2.15. The van der Waals surface area contributed by atoms with Gasteiger partial charge >= 0.3 is 0 Å². The Bertz CT molecular complexity index is 446. The Morgan fingerprint density at radius 3 is 2.64 bits per heavy atom. The summed E-state index contributed by atoms with van der Waals surface area (Å²) in [6.45, 7) is 1.59. The summed E-state index contributed by atoms with van der Waals surface area (Å²) in [5.41, 5.74) is 3.14. The molecule has 1 aromatic carbocycles. The molecular weight excluding hydrogens is 176 g/mol. The second kappa shape index (κ2) is 2.55. The second-order valence-corrected chi connectivity index (χ2v) is 3.76. The third-order valence-corrected chi connectivity index (χ3v) is 2.86. The first-order valence-electron chi connectivity index (χ1n) is 4.74. The Labute approximate surface area is 82.2 Å². The minimum atomic E-state index is 0.0781. The van der Waals surface area contributed by atoms with Gasteiger partial charge in [0.05, 0.1) is 0 Å². The molecule has 2 bridgehead atoms. The van der Waals surface area contributed by atoms with Crippen molar-refractivity contribution < 1.29 is 9.53 Å². The van der Waals surface area contributed by atoms with Gasteiger partial charge in [-0.1, -0.05) is 24.3 Å². The smallest absolute Gasteiger partial charge is 0.159 e. The number of rotatable bonds is 1. The Kier molecular flexibility index (Phi) is 1.45. The molecule has 0 saturated carbocycles.